The molecule has 0 saturated carbocycles. The average molecular weight is 287 g/mol. The third kappa shape index (κ3) is 3.97. The Kier molecular flexibility index (Phi) is 5.12. The summed E-state index contributed by atoms with van der Waals surface area (Å²) in [5, 5.41) is 10.6. The van der Waals surface area contributed by atoms with Crippen LogP contribution in [-0.2, 0) is 4.74 Å². The van der Waals surface area contributed by atoms with E-state index in [1.54, 1.807) is 6.92 Å². The largest absolute Gasteiger partial charge is 0.459 e. The maximum absolute atomic E-state index is 13.8. The van der Waals surface area contributed by atoms with Gasteiger partial charge in [-0.25, -0.2) is 9.18 Å². The number of nitro benzene ring substituents is 1. The highest BCUT2D eigenvalue weighted by molar-refractivity contribution is 5.90. The van der Waals surface area contributed by atoms with Crippen molar-refractivity contribution in [1.82, 2.24) is 0 Å². The van der Waals surface area contributed by atoms with Gasteiger partial charge in [0.25, 0.3) is 0 Å². The maximum atomic E-state index is 13.8. The number of ether oxygens (including phenoxy) is 1. The smallest absolute Gasteiger partial charge is 0.341 e. The van der Waals surface area contributed by atoms with Gasteiger partial charge in [-0.3, -0.25) is 10.1 Å². The van der Waals surface area contributed by atoms with Crippen molar-refractivity contribution in [2.45, 2.75) is 33.3 Å². The van der Waals surface area contributed by atoms with E-state index in [0.29, 0.717) is 18.6 Å². The molecule has 7 heteroatoms. The number of esters is 1. The van der Waals surface area contributed by atoms with E-state index in [9.17, 15) is 23.7 Å². The highest BCUT2D eigenvalue weighted by atomic mass is 19.1. The molecule has 0 aromatic heterocycles. The molecule has 1 aromatic rings. The average Bonchev–Trinajstić information content (AvgIpc) is 2.29. The number of hydrogen-bond acceptors (Lipinski definition) is 4. The first-order valence-corrected chi connectivity index (χ1v) is 6.06. The van der Waals surface area contributed by atoms with Gasteiger partial charge in [-0.05, 0) is 25.3 Å². The summed E-state index contributed by atoms with van der Waals surface area (Å²) in [6, 6.07) is 1.01. The van der Waals surface area contributed by atoms with Crippen LogP contribution in [0.1, 0.15) is 37.6 Å². The first kappa shape index (κ1) is 16.0. The van der Waals surface area contributed by atoms with Crippen molar-refractivity contribution in [2.24, 2.45) is 5.92 Å². The van der Waals surface area contributed by atoms with Crippen LogP contribution < -0.4 is 0 Å². The molecule has 0 bridgehead atoms. The van der Waals surface area contributed by atoms with E-state index in [1.165, 1.54) is 0 Å². The number of hydrogen-bond donors (Lipinski definition) is 0. The van der Waals surface area contributed by atoms with Gasteiger partial charge in [0.1, 0.15) is 11.4 Å². The van der Waals surface area contributed by atoms with E-state index in [-0.39, 0.29) is 5.92 Å². The first-order valence-electron chi connectivity index (χ1n) is 6.06. The van der Waals surface area contributed by atoms with Crippen molar-refractivity contribution < 1.29 is 23.2 Å². The Balaban J connectivity index is 3.01. The molecule has 0 aliphatic rings. The summed E-state index contributed by atoms with van der Waals surface area (Å²) in [7, 11) is 0. The van der Waals surface area contributed by atoms with Gasteiger partial charge in [0.15, 0.2) is 0 Å². The minimum Gasteiger partial charge on any atom is -0.459 e. The van der Waals surface area contributed by atoms with Crippen LogP contribution in [0.2, 0.25) is 0 Å². The second-order valence-electron chi connectivity index (χ2n) is 4.89. The molecule has 0 spiro atoms. The lowest BCUT2D eigenvalue weighted by atomic mass is 10.1. The summed E-state index contributed by atoms with van der Waals surface area (Å²) in [6.45, 7) is 5.44. The highest BCUT2D eigenvalue weighted by Gasteiger charge is 2.26. The number of carbonyl (C=O) groups excluding carboxylic acids is 1. The minimum absolute atomic E-state index is 0.254. The molecule has 0 aliphatic heterocycles. The maximum Gasteiger partial charge on any atom is 0.341 e. The molecular weight excluding hydrogens is 272 g/mol. The fourth-order valence-electron chi connectivity index (χ4n) is 1.81. The number of rotatable bonds is 5. The number of nitrogens with zero attached hydrogens (tertiary/aromatic N) is 1. The number of halogens is 2. The summed E-state index contributed by atoms with van der Waals surface area (Å²) in [5.74, 6) is -3.32. The van der Waals surface area contributed by atoms with Crippen molar-refractivity contribution >= 4 is 11.7 Å². The lowest BCUT2D eigenvalue weighted by molar-refractivity contribution is -0.387. The topological polar surface area (TPSA) is 69.4 Å². The Labute approximate surface area is 114 Å². The van der Waals surface area contributed by atoms with Crippen LogP contribution in [0, 0.1) is 27.7 Å². The van der Waals surface area contributed by atoms with Crippen molar-refractivity contribution in [1.29, 1.82) is 0 Å². The number of benzene rings is 1. The predicted molar refractivity (Wildman–Crippen MR) is 67.3 cm³/mol. The van der Waals surface area contributed by atoms with Crippen molar-refractivity contribution in [2.75, 3.05) is 0 Å². The molecule has 0 saturated heterocycles. The van der Waals surface area contributed by atoms with E-state index in [0.717, 1.165) is 0 Å². The second-order valence-corrected chi connectivity index (χ2v) is 4.89. The van der Waals surface area contributed by atoms with Crippen LogP contribution in [0.15, 0.2) is 12.1 Å². The van der Waals surface area contributed by atoms with Gasteiger partial charge in [-0.15, -0.1) is 0 Å². The van der Waals surface area contributed by atoms with Gasteiger partial charge in [0, 0.05) is 0 Å². The zero-order chi connectivity index (χ0) is 15.4. The van der Waals surface area contributed by atoms with Gasteiger partial charge in [-0.2, -0.15) is 4.39 Å². The Morgan fingerprint density at radius 3 is 2.45 bits per heavy atom. The van der Waals surface area contributed by atoms with Crippen molar-refractivity contribution in [3.05, 3.63) is 39.4 Å². The standard InChI is InChI=1S/C13H15F2NO4/c1-7(2)4-8(3)20-13(17)10-5-9(14)6-11(12(10)15)16(18)19/h5-8H,4H2,1-3H3. The SMILES string of the molecule is CC(C)CC(C)OC(=O)c1cc(F)cc([N+](=O)[O-])c1F. The fourth-order valence-corrected chi connectivity index (χ4v) is 1.81. The number of carbonyl (C=O) groups is 1. The number of nitro groups is 1. The molecule has 0 heterocycles. The molecule has 1 rings (SSSR count). The minimum atomic E-state index is -1.39. The van der Waals surface area contributed by atoms with E-state index in [2.05, 4.69) is 0 Å². The van der Waals surface area contributed by atoms with Crippen molar-refractivity contribution in [3.8, 4) is 0 Å². The normalized spacial score (nSPS) is 12.3. The van der Waals surface area contributed by atoms with Crippen molar-refractivity contribution in [3.63, 3.8) is 0 Å². The highest BCUT2D eigenvalue weighted by Crippen LogP contribution is 2.23. The van der Waals surface area contributed by atoms with Crippen LogP contribution in [-0.4, -0.2) is 17.0 Å². The molecule has 0 amide bonds. The zero-order valence-corrected chi connectivity index (χ0v) is 11.4. The Bertz CT molecular complexity index is 531. The summed E-state index contributed by atoms with van der Waals surface area (Å²) >= 11 is 0. The molecular formula is C13H15F2NO4. The van der Waals surface area contributed by atoms with E-state index in [4.69, 9.17) is 4.74 Å². The van der Waals surface area contributed by atoms with Gasteiger partial charge < -0.3 is 4.74 Å². The van der Waals surface area contributed by atoms with Crippen LogP contribution in [0.5, 0.6) is 0 Å². The van der Waals surface area contributed by atoms with Crippen LogP contribution in [0.4, 0.5) is 14.5 Å². The Morgan fingerprint density at radius 2 is 1.95 bits per heavy atom. The quantitative estimate of drug-likeness (QED) is 0.472. The van der Waals surface area contributed by atoms with Crippen LogP contribution >= 0.6 is 0 Å². The third-order valence-electron chi connectivity index (χ3n) is 2.55. The third-order valence-corrected chi connectivity index (χ3v) is 2.55. The molecule has 110 valence electrons. The first-order chi connectivity index (χ1) is 9.22. The molecule has 0 N–H and O–H groups in total. The van der Waals surface area contributed by atoms with Crippen LogP contribution in [0.3, 0.4) is 0 Å². The van der Waals surface area contributed by atoms with Crippen LogP contribution in [0.25, 0.3) is 0 Å². The second kappa shape index (κ2) is 6.40. The van der Waals surface area contributed by atoms with E-state index >= 15 is 0 Å². The van der Waals surface area contributed by atoms with Gasteiger partial charge in [-0.1, -0.05) is 13.8 Å². The summed E-state index contributed by atoms with van der Waals surface area (Å²) in [6.07, 6.45) is 0.0503. The molecule has 0 aliphatic carbocycles. The Hall–Kier alpha value is -2.05. The molecule has 20 heavy (non-hydrogen) atoms. The fraction of sp³-hybridized carbons (Fsp3) is 0.462. The monoisotopic (exact) mass is 287 g/mol. The molecule has 1 unspecified atom stereocenters. The zero-order valence-electron chi connectivity index (χ0n) is 11.4. The van der Waals surface area contributed by atoms with Gasteiger partial charge in [0.2, 0.25) is 5.82 Å². The molecule has 5 nitrogen and oxygen atoms in total. The predicted octanol–water partition coefficient (Wildman–Crippen LogP) is 3.46. The molecule has 1 aromatic carbocycles. The molecule has 0 radical (unpaired) electrons. The summed E-state index contributed by atoms with van der Waals surface area (Å²) in [5.41, 5.74) is -1.86. The lowest BCUT2D eigenvalue weighted by Crippen LogP contribution is -2.18. The van der Waals surface area contributed by atoms with E-state index < -0.39 is 39.9 Å². The van der Waals surface area contributed by atoms with E-state index in [1.807, 2.05) is 13.8 Å². The summed E-state index contributed by atoms with van der Waals surface area (Å²) < 4.78 is 31.9. The Morgan fingerprint density at radius 1 is 1.35 bits per heavy atom. The summed E-state index contributed by atoms with van der Waals surface area (Å²) in [4.78, 5) is 21.2. The lowest BCUT2D eigenvalue weighted by Gasteiger charge is -2.15. The van der Waals surface area contributed by atoms with Gasteiger partial charge in [0.05, 0.1) is 17.1 Å². The van der Waals surface area contributed by atoms with Gasteiger partial charge >= 0.3 is 11.7 Å². The molecule has 1 atom stereocenters. The molecule has 0 fully saturated rings.